The predicted molar refractivity (Wildman–Crippen MR) is 80.2 cm³/mol. The van der Waals surface area contributed by atoms with E-state index in [9.17, 15) is 19.3 Å². The molecule has 0 saturated carbocycles. The lowest BCUT2D eigenvalue weighted by molar-refractivity contribution is -0.384. The van der Waals surface area contributed by atoms with Gasteiger partial charge in [0.25, 0.3) is 11.6 Å². The second kappa shape index (κ2) is 5.95. The normalized spacial score (nSPS) is 10.1. The molecule has 102 valence electrons. The number of nitro benzene ring substituents is 1. The summed E-state index contributed by atoms with van der Waals surface area (Å²) in [6.07, 6.45) is 0. The largest absolute Gasteiger partial charge is 0.321 e. The van der Waals surface area contributed by atoms with Gasteiger partial charge in [0.2, 0.25) is 0 Å². The van der Waals surface area contributed by atoms with Crippen LogP contribution in [0.2, 0.25) is 0 Å². The Hall–Kier alpha value is -2.03. The van der Waals surface area contributed by atoms with E-state index in [1.807, 2.05) is 22.6 Å². The number of carbonyl (C=O) groups is 1. The molecule has 5 nitrogen and oxygen atoms in total. The molecule has 0 unspecified atom stereocenters. The van der Waals surface area contributed by atoms with Crippen LogP contribution < -0.4 is 5.32 Å². The topological polar surface area (TPSA) is 72.2 Å². The quantitative estimate of drug-likeness (QED) is 0.498. The fourth-order valence-electron chi connectivity index (χ4n) is 1.55. The monoisotopic (exact) mass is 386 g/mol. The van der Waals surface area contributed by atoms with Crippen molar-refractivity contribution >= 4 is 39.9 Å². The van der Waals surface area contributed by atoms with E-state index in [0.29, 0.717) is 9.26 Å². The molecule has 0 atom stereocenters. The highest BCUT2D eigenvalue weighted by molar-refractivity contribution is 14.1. The van der Waals surface area contributed by atoms with Crippen molar-refractivity contribution in [2.75, 3.05) is 5.32 Å². The zero-order chi connectivity index (χ0) is 14.7. The van der Waals surface area contributed by atoms with Crippen LogP contribution in [-0.2, 0) is 0 Å². The lowest BCUT2D eigenvalue weighted by atomic mass is 10.2. The van der Waals surface area contributed by atoms with Crippen LogP contribution in [0.3, 0.4) is 0 Å². The number of nitrogens with zero attached hydrogens (tertiary/aromatic N) is 1. The summed E-state index contributed by atoms with van der Waals surface area (Å²) in [6, 6.07) is 9.34. The van der Waals surface area contributed by atoms with E-state index < -0.39 is 16.6 Å². The summed E-state index contributed by atoms with van der Waals surface area (Å²) in [5.41, 5.74) is 0.453. The van der Waals surface area contributed by atoms with Crippen molar-refractivity contribution in [1.82, 2.24) is 0 Å². The smallest absolute Gasteiger partial charge is 0.270 e. The van der Waals surface area contributed by atoms with Gasteiger partial charge in [0.05, 0.1) is 10.6 Å². The number of carbonyl (C=O) groups excluding carboxylic acids is 1. The Kier molecular flexibility index (Phi) is 4.28. The van der Waals surface area contributed by atoms with Gasteiger partial charge >= 0.3 is 0 Å². The molecule has 0 heterocycles. The predicted octanol–water partition coefficient (Wildman–Crippen LogP) is 3.59. The molecule has 0 aliphatic heterocycles. The highest BCUT2D eigenvalue weighted by Crippen LogP contribution is 2.20. The Morgan fingerprint density at radius 2 is 2.00 bits per heavy atom. The summed E-state index contributed by atoms with van der Waals surface area (Å²) in [5, 5.41) is 13.2. The lowest BCUT2D eigenvalue weighted by Crippen LogP contribution is -2.13. The highest BCUT2D eigenvalue weighted by atomic mass is 127. The Bertz CT molecular complexity index is 691. The Morgan fingerprint density at radius 3 is 2.65 bits per heavy atom. The van der Waals surface area contributed by atoms with E-state index in [1.165, 1.54) is 42.5 Å². The van der Waals surface area contributed by atoms with Gasteiger partial charge < -0.3 is 5.32 Å². The fraction of sp³-hybridized carbons (Fsp3) is 0. The lowest BCUT2D eigenvalue weighted by Gasteiger charge is -2.07. The maximum atomic E-state index is 13.0. The van der Waals surface area contributed by atoms with Gasteiger partial charge in [0.15, 0.2) is 0 Å². The molecule has 0 fully saturated rings. The first-order chi connectivity index (χ1) is 9.47. The maximum absolute atomic E-state index is 13.0. The zero-order valence-electron chi connectivity index (χ0n) is 9.97. The van der Waals surface area contributed by atoms with Gasteiger partial charge in [0.1, 0.15) is 5.82 Å². The summed E-state index contributed by atoms with van der Waals surface area (Å²) in [6.45, 7) is 0. The van der Waals surface area contributed by atoms with E-state index >= 15 is 0 Å². The van der Waals surface area contributed by atoms with Crippen molar-refractivity contribution < 1.29 is 14.1 Å². The average Bonchev–Trinajstić information content (AvgIpc) is 2.42. The highest BCUT2D eigenvalue weighted by Gasteiger charge is 2.12. The maximum Gasteiger partial charge on any atom is 0.270 e. The van der Waals surface area contributed by atoms with Crippen molar-refractivity contribution in [2.24, 2.45) is 0 Å². The van der Waals surface area contributed by atoms with Crippen molar-refractivity contribution in [3.8, 4) is 0 Å². The summed E-state index contributed by atoms with van der Waals surface area (Å²) < 4.78 is 13.5. The third-order valence-electron chi connectivity index (χ3n) is 2.50. The van der Waals surface area contributed by atoms with Crippen molar-refractivity contribution in [1.29, 1.82) is 0 Å². The van der Waals surface area contributed by atoms with Gasteiger partial charge in [-0.15, -0.1) is 0 Å². The molecule has 7 heteroatoms. The van der Waals surface area contributed by atoms with E-state index in [0.717, 1.165) is 0 Å². The number of hydrogen-bond acceptors (Lipinski definition) is 3. The number of nitro groups is 1. The third kappa shape index (κ3) is 3.29. The summed E-state index contributed by atoms with van der Waals surface area (Å²) in [4.78, 5) is 22.1. The molecule has 0 aliphatic rings. The van der Waals surface area contributed by atoms with Gasteiger partial charge in [-0.05, 0) is 46.9 Å². The number of anilines is 1. The summed E-state index contributed by atoms with van der Waals surface area (Å²) in [7, 11) is 0. The third-order valence-corrected chi connectivity index (χ3v) is 3.39. The minimum atomic E-state index is -0.571. The van der Waals surface area contributed by atoms with Crippen LogP contribution in [0.4, 0.5) is 15.8 Å². The van der Waals surface area contributed by atoms with Crippen LogP contribution >= 0.6 is 22.6 Å². The second-order valence-electron chi connectivity index (χ2n) is 3.89. The summed E-state index contributed by atoms with van der Waals surface area (Å²) >= 11 is 1.89. The van der Waals surface area contributed by atoms with Gasteiger partial charge in [-0.2, -0.15) is 0 Å². The molecule has 0 bridgehead atoms. The second-order valence-corrected chi connectivity index (χ2v) is 5.05. The molecule has 1 N–H and O–H groups in total. The molecule has 0 aliphatic carbocycles. The number of nitrogens with one attached hydrogen (secondary N) is 1. The van der Waals surface area contributed by atoms with Gasteiger partial charge in [-0.1, -0.05) is 6.07 Å². The minimum absolute atomic E-state index is 0.161. The molecule has 2 aromatic carbocycles. The molecule has 0 radical (unpaired) electrons. The number of hydrogen-bond donors (Lipinski definition) is 1. The van der Waals surface area contributed by atoms with E-state index in [4.69, 9.17) is 0 Å². The molecule has 1 amide bonds. The average molecular weight is 386 g/mol. The van der Waals surface area contributed by atoms with Gasteiger partial charge in [0, 0.05) is 21.3 Å². The van der Waals surface area contributed by atoms with Crippen LogP contribution in [0, 0.1) is 19.5 Å². The molecule has 0 saturated heterocycles. The van der Waals surface area contributed by atoms with E-state index in [1.54, 1.807) is 0 Å². The van der Waals surface area contributed by atoms with Crippen molar-refractivity contribution in [3.63, 3.8) is 0 Å². The van der Waals surface area contributed by atoms with Crippen LogP contribution in [0.1, 0.15) is 10.4 Å². The first-order valence-electron chi connectivity index (χ1n) is 5.48. The number of halogens is 2. The van der Waals surface area contributed by atoms with E-state index in [-0.39, 0.29) is 11.3 Å². The van der Waals surface area contributed by atoms with Crippen LogP contribution in [0.15, 0.2) is 42.5 Å². The van der Waals surface area contributed by atoms with Crippen LogP contribution in [-0.4, -0.2) is 10.8 Å². The molecular formula is C13H8FIN2O3. The molecule has 0 spiro atoms. The van der Waals surface area contributed by atoms with E-state index in [2.05, 4.69) is 5.32 Å². The molecular weight excluding hydrogens is 378 g/mol. The fourth-order valence-corrected chi connectivity index (χ4v) is 2.16. The number of amides is 1. The van der Waals surface area contributed by atoms with Crippen LogP contribution in [0.5, 0.6) is 0 Å². The molecule has 0 aromatic heterocycles. The van der Waals surface area contributed by atoms with Gasteiger partial charge in [-0.25, -0.2) is 4.39 Å². The Balaban J connectivity index is 2.24. The minimum Gasteiger partial charge on any atom is -0.321 e. The number of rotatable bonds is 3. The zero-order valence-corrected chi connectivity index (χ0v) is 12.1. The number of benzene rings is 2. The summed E-state index contributed by atoms with van der Waals surface area (Å²) in [5.74, 6) is -0.888. The number of non-ortho nitro benzene ring substituents is 1. The van der Waals surface area contributed by atoms with Crippen LogP contribution in [0.25, 0.3) is 0 Å². The van der Waals surface area contributed by atoms with Crippen molar-refractivity contribution in [2.45, 2.75) is 0 Å². The molecule has 20 heavy (non-hydrogen) atoms. The Labute approximate surface area is 127 Å². The first kappa shape index (κ1) is 14.4. The Morgan fingerprint density at radius 1 is 1.25 bits per heavy atom. The SMILES string of the molecule is O=C(Nc1ccc(F)cc1I)c1cccc([N+](=O)[O-])c1. The van der Waals surface area contributed by atoms with Crippen molar-refractivity contribution in [3.05, 3.63) is 67.5 Å². The standard InChI is InChI=1S/C13H8FIN2O3/c14-9-4-5-12(11(15)7-9)16-13(18)8-2-1-3-10(6-8)17(19)20/h1-7H,(H,16,18). The van der Waals surface area contributed by atoms with Gasteiger partial charge in [-0.3, -0.25) is 14.9 Å². The molecule has 2 aromatic rings. The first-order valence-corrected chi connectivity index (χ1v) is 6.56. The molecule has 2 rings (SSSR count).